The molecular formula is C10H27N2NaO9. The topological polar surface area (TPSA) is 233 Å². The average molecular weight is 342 g/mol. The van der Waals surface area contributed by atoms with E-state index in [4.69, 9.17) is 51.1 Å². The van der Waals surface area contributed by atoms with Gasteiger partial charge < -0.3 is 37.4 Å². The minimum atomic E-state index is -0.833. The van der Waals surface area contributed by atoms with Gasteiger partial charge in [-0.15, -0.1) is 0 Å². The van der Waals surface area contributed by atoms with Gasteiger partial charge in [-0.05, 0) is 0 Å². The van der Waals surface area contributed by atoms with E-state index < -0.39 is 23.9 Å². The summed E-state index contributed by atoms with van der Waals surface area (Å²) in [5.41, 5.74) is 9.81. The molecule has 11 nitrogen and oxygen atoms in total. The van der Waals surface area contributed by atoms with Gasteiger partial charge in [0.15, 0.2) is 0 Å². The first-order chi connectivity index (χ1) is 8.84. The van der Waals surface area contributed by atoms with E-state index in [9.17, 15) is 0 Å². The van der Waals surface area contributed by atoms with Crippen LogP contribution in [-0.4, -0.2) is 92.4 Å². The van der Waals surface area contributed by atoms with Gasteiger partial charge in [0.25, 0.3) is 23.9 Å². The number of hydrogen-bond acceptors (Lipinski definition) is 6. The summed E-state index contributed by atoms with van der Waals surface area (Å²) in [7, 11) is 0. The van der Waals surface area contributed by atoms with E-state index >= 15 is 0 Å². The molecule has 0 aromatic rings. The van der Waals surface area contributed by atoms with E-state index in [1.54, 1.807) is 0 Å². The Kier molecular flexibility index (Phi) is 83.1. The van der Waals surface area contributed by atoms with Gasteiger partial charge in [-0.25, -0.2) is 0 Å². The van der Waals surface area contributed by atoms with Gasteiger partial charge in [0, 0.05) is 40.8 Å². The molecule has 0 spiro atoms. The zero-order valence-corrected chi connectivity index (χ0v) is 12.5. The Labute approximate surface area is 150 Å². The first kappa shape index (κ1) is 42.8. The number of rotatable bonds is 1. The van der Waals surface area contributed by atoms with Crippen molar-refractivity contribution in [1.29, 1.82) is 0 Å². The molecule has 0 atom stereocenters. The molecule has 0 aliphatic carbocycles. The molecule has 0 heterocycles. The summed E-state index contributed by atoms with van der Waals surface area (Å²) in [6, 6.07) is 0. The Balaban J connectivity index is -0.0000000250. The van der Waals surface area contributed by atoms with E-state index in [1.165, 1.54) is 0 Å². The van der Waals surface area contributed by atoms with Crippen LogP contribution in [0.3, 0.4) is 0 Å². The molecule has 0 aliphatic rings. The molecule has 132 valence electrons. The summed E-state index contributed by atoms with van der Waals surface area (Å²) >= 11 is 0. The summed E-state index contributed by atoms with van der Waals surface area (Å²) in [6.07, 6.45) is 0. The Morgan fingerprint density at radius 2 is 0.682 bits per heavy atom. The molecule has 0 amide bonds. The fraction of sp³-hybridized carbons (Fsp3) is 0.600. The van der Waals surface area contributed by atoms with E-state index in [-0.39, 0.29) is 35.0 Å². The van der Waals surface area contributed by atoms with E-state index in [1.807, 2.05) is 0 Å². The second-order valence-electron chi connectivity index (χ2n) is 2.65. The van der Waals surface area contributed by atoms with Gasteiger partial charge in [0.05, 0.1) is 0 Å². The molecule has 0 unspecified atom stereocenters. The number of hydrogen-bond donors (Lipinski definition) is 6. The maximum absolute atomic E-state index is 9.00. The van der Waals surface area contributed by atoms with Crippen LogP contribution in [0.5, 0.6) is 0 Å². The summed E-state index contributed by atoms with van der Waals surface area (Å²) in [6.45, 7) is 5.53. The molecule has 0 aromatic heterocycles. The van der Waals surface area contributed by atoms with Gasteiger partial charge in [-0.2, -0.15) is 0 Å². The average Bonchev–Trinajstić information content (AvgIpc) is 2.13. The Hall–Kier alpha value is -1.24. The van der Waals surface area contributed by atoms with E-state index in [0.29, 0.717) is 13.1 Å². The van der Waals surface area contributed by atoms with Gasteiger partial charge in [-0.1, -0.05) is 0 Å². The Morgan fingerprint density at radius 3 is 0.682 bits per heavy atom. The van der Waals surface area contributed by atoms with Crippen LogP contribution in [0.15, 0.2) is 0 Å². The molecule has 0 saturated heterocycles. The summed E-state index contributed by atoms with van der Waals surface area (Å²) in [5, 5.41) is 29.7. The second-order valence-corrected chi connectivity index (χ2v) is 2.65. The van der Waals surface area contributed by atoms with E-state index in [2.05, 4.69) is 0 Å². The van der Waals surface area contributed by atoms with Crippen molar-refractivity contribution in [3.05, 3.63) is 0 Å². The summed E-state index contributed by atoms with van der Waals surface area (Å²) < 4.78 is 0. The second kappa shape index (κ2) is 42.7. The molecule has 22 heavy (non-hydrogen) atoms. The molecule has 0 radical (unpaired) electrons. The molecule has 12 heteroatoms. The van der Waals surface area contributed by atoms with Crippen molar-refractivity contribution in [2.75, 3.05) is 13.1 Å². The van der Waals surface area contributed by atoms with Crippen LogP contribution in [0.1, 0.15) is 27.7 Å². The van der Waals surface area contributed by atoms with Gasteiger partial charge in [0.2, 0.25) is 0 Å². The Morgan fingerprint density at radius 1 is 0.636 bits per heavy atom. The van der Waals surface area contributed by atoms with Crippen molar-refractivity contribution in [3.63, 3.8) is 0 Å². The summed E-state index contributed by atoms with van der Waals surface area (Å²) in [5.74, 6) is -3.33. The van der Waals surface area contributed by atoms with Crippen molar-refractivity contribution in [2.24, 2.45) is 11.5 Å². The third-order valence-electron chi connectivity index (χ3n) is 0.167. The molecule has 0 saturated carbocycles. The minimum absolute atomic E-state index is 0. The molecule has 0 aliphatic heterocycles. The zero-order valence-electron chi connectivity index (χ0n) is 12.5. The quantitative estimate of drug-likeness (QED) is 0.281. The normalized spacial score (nSPS) is 5.91. The fourth-order valence-electron chi connectivity index (χ4n) is 0. The zero-order chi connectivity index (χ0) is 17.7. The SMILES string of the molecule is CC(=O)O.CC(=O)O.CC(=O)O.CC(=O)O.NCCN.O.[NaH]. The fourth-order valence-corrected chi connectivity index (χ4v) is 0. The third-order valence-corrected chi connectivity index (χ3v) is 0.167. The molecule has 0 aromatic carbocycles. The predicted molar refractivity (Wildman–Crippen MR) is 82.1 cm³/mol. The third kappa shape index (κ3) is 103000. The van der Waals surface area contributed by atoms with Gasteiger partial charge in [0.1, 0.15) is 0 Å². The van der Waals surface area contributed by atoms with Crippen molar-refractivity contribution in [1.82, 2.24) is 0 Å². The van der Waals surface area contributed by atoms with Crippen molar-refractivity contribution in [3.8, 4) is 0 Å². The molecular weight excluding hydrogens is 315 g/mol. The van der Waals surface area contributed by atoms with Crippen LogP contribution >= 0.6 is 0 Å². The molecule has 0 rings (SSSR count). The van der Waals surface area contributed by atoms with Gasteiger partial charge >= 0.3 is 29.6 Å². The van der Waals surface area contributed by atoms with Crippen LogP contribution in [0.4, 0.5) is 0 Å². The van der Waals surface area contributed by atoms with E-state index in [0.717, 1.165) is 27.7 Å². The Bertz CT molecular complexity index is 197. The first-order valence-corrected chi connectivity index (χ1v) is 5.03. The number of nitrogens with two attached hydrogens (primary N) is 2. The van der Waals surface area contributed by atoms with Crippen LogP contribution < -0.4 is 11.5 Å². The maximum atomic E-state index is 9.00. The van der Waals surface area contributed by atoms with Crippen LogP contribution in [-0.2, 0) is 19.2 Å². The number of aliphatic carboxylic acids is 4. The molecule has 0 bridgehead atoms. The standard InChI is InChI=1S/C2H8N2.4C2H4O2.Na.H2O.H/c3-1-2-4;4*1-2(3)4;;;/h1-4H2;4*1H3,(H,3,4);;1H2;. The van der Waals surface area contributed by atoms with Crippen LogP contribution in [0.2, 0.25) is 0 Å². The number of carboxylic acid groups (broad SMARTS) is 4. The molecule has 10 N–H and O–H groups in total. The van der Waals surface area contributed by atoms with Crippen LogP contribution in [0.25, 0.3) is 0 Å². The first-order valence-electron chi connectivity index (χ1n) is 5.03. The van der Waals surface area contributed by atoms with Crippen LogP contribution in [0, 0.1) is 0 Å². The van der Waals surface area contributed by atoms with Crippen molar-refractivity contribution in [2.45, 2.75) is 27.7 Å². The summed E-state index contributed by atoms with van der Waals surface area (Å²) in [4.78, 5) is 36.0. The molecule has 0 fully saturated rings. The number of carboxylic acids is 4. The number of carbonyl (C=O) groups is 4. The van der Waals surface area contributed by atoms with Gasteiger partial charge in [-0.3, -0.25) is 19.2 Å². The monoisotopic (exact) mass is 342 g/mol. The van der Waals surface area contributed by atoms with Crippen molar-refractivity contribution < 1.29 is 45.1 Å². The predicted octanol–water partition coefficient (Wildman–Crippen LogP) is -2.21. The van der Waals surface area contributed by atoms with Crippen molar-refractivity contribution >= 4 is 53.4 Å².